The molecule has 1 unspecified atom stereocenters. The molecule has 3 aromatic rings. The number of benzene rings is 2. The molecule has 2 aromatic carbocycles. The molecule has 0 aliphatic carbocycles. The van der Waals surface area contributed by atoms with Crippen molar-refractivity contribution in [3.63, 3.8) is 0 Å². The molecule has 0 fully saturated rings. The molecule has 4 nitrogen and oxygen atoms in total. The summed E-state index contributed by atoms with van der Waals surface area (Å²) >= 11 is 7.29. The first-order chi connectivity index (χ1) is 11.2. The van der Waals surface area contributed by atoms with Gasteiger partial charge in [0.25, 0.3) is 0 Å². The Balaban J connectivity index is 1.71. The Morgan fingerprint density at radius 2 is 2.00 bits per heavy atom. The normalized spacial score (nSPS) is 12.3. The second kappa shape index (κ2) is 7.06. The molecule has 0 bridgehead atoms. The molecule has 0 aliphatic heterocycles. The van der Waals surface area contributed by atoms with Crippen molar-refractivity contribution in [3.8, 4) is 0 Å². The summed E-state index contributed by atoms with van der Waals surface area (Å²) in [5.74, 6) is -0.0414. The van der Waals surface area contributed by atoms with Crippen LogP contribution in [0.1, 0.15) is 13.3 Å². The van der Waals surface area contributed by atoms with Gasteiger partial charge in [0.05, 0.1) is 16.3 Å². The van der Waals surface area contributed by atoms with Crippen molar-refractivity contribution in [2.24, 2.45) is 0 Å². The molecular weight excluding hydrogens is 330 g/mol. The topological polar surface area (TPSA) is 57.8 Å². The van der Waals surface area contributed by atoms with Crippen LogP contribution in [-0.2, 0) is 4.79 Å². The fraction of sp³-hybridized carbons (Fsp3) is 0.176. The number of H-pyrrole nitrogens is 1. The molecule has 118 valence electrons. The molecule has 1 aromatic heterocycles. The predicted molar refractivity (Wildman–Crippen MR) is 96.1 cm³/mol. The van der Waals surface area contributed by atoms with Crippen LogP contribution in [0, 0.1) is 0 Å². The Kier molecular flexibility index (Phi) is 4.88. The van der Waals surface area contributed by atoms with E-state index in [0.29, 0.717) is 11.4 Å². The van der Waals surface area contributed by atoms with Gasteiger partial charge >= 0.3 is 0 Å². The summed E-state index contributed by atoms with van der Waals surface area (Å²) < 4.78 is 0. The largest absolute Gasteiger partial charge is 0.333 e. The number of nitrogens with zero attached hydrogens (tertiary/aromatic N) is 1. The first-order valence-corrected chi connectivity index (χ1v) is 8.59. The van der Waals surface area contributed by atoms with Crippen LogP contribution < -0.4 is 5.32 Å². The summed E-state index contributed by atoms with van der Waals surface area (Å²) in [6, 6.07) is 14.9. The van der Waals surface area contributed by atoms with E-state index in [9.17, 15) is 4.79 Å². The summed E-state index contributed by atoms with van der Waals surface area (Å²) in [5, 5.41) is 4.10. The fourth-order valence-electron chi connectivity index (χ4n) is 2.20. The van der Waals surface area contributed by atoms with Gasteiger partial charge in [0.15, 0.2) is 5.16 Å². The highest BCUT2D eigenvalue weighted by Gasteiger charge is 2.19. The second-order valence-corrected chi connectivity index (χ2v) is 6.70. The molecule has 0 radical (unpaired) electrons. The van der Waals surface area contributed by atoms with E-state index in [-0.39, 0.29) is 11.2 Å². The summed E-state index contributed by atoms with van der Waals surface area (Å²) in [5.41, 5.74) is 2.62. The Bertz CT molecular complexity index is 783. The van der Waals surface area contributed by atoms with Crippen molar-refractivity contribution in [1.82, 2.24) is 9.97 Å². The maximum absolute atomic E-state index is 12.4. The molecule has 2 N–H and O–H groups in total. The number of aromatic amines is 1. The van der Waals surface area contributed by atoms with E-state index in [2.05, 4.69) is 15.3 Å². The summed E-state index contributed by atoms with van der Waals surface area (Å²) in [4.78, 5) is 20.2. The van der Waals surface area contributed by atoms with Gasteiger partial charge in [0.2, 0.25) is 5.91 Å². The van der Waals surface area contributed by atoms with Gasteiger partial charge in [-0.25, -0.2) is 4.98 Å². The van der Waals surface area contributed by atoms with Crippen molar-refractivity contribution in [2.75, 3.05) is 5.32 Å². The highest BCUT2D eigenvalue weighted by Crippen LogP contribution is 2.26. The van der Waals surface area contributed by atoms with Crippen LogP contribution in [0.3, 0.4) is 0 Å². The standard InChI is InChI=1S/C17H16ClN3OS/c1-2-15(16(22)19-12-9-7-11(18)8-10-12)23-17-20-13-5-3-4-6-14(13)21-17/h3-10,15H,2H2,1H3,(H,19,22)(H,20,21). The highest BCUT2D eigenvalue weighted by molar-refractivity contribution is 8.00. The summed E-state index contributed by atoms with van der Waals surface area (Å²) in [6.07, 6.45) is 0.709. The second-order valence-electron chi connectivity index (χ2n) is 5.07. The Morgan fingerprint density at radius 3 is 2.70 bits per heavy atom. The average Bonchev–Trinajstić information content (AvgIpc) is 2.97. The third kappa shape index (κ3) is 3.86. The number of hydrogen-bond acceptors (Lipinski definition) is 3. The third-order valence-corrected chi connectivity index (χ3v) is 4.90. The van der Waals surface area contributed by atoms with Gasteiger partial charge in [-0.2, -0.15) is 0 Å². The van der Waals surface area contributed by atoms with Crippen molar-refractivity contribution < 1.29 is 4.79 Å². The number of anilines is 1. The Labute approximate surface area is 143 Å². The molecule has 0 saturated carbocycles. The molecule has 23 heavy (non-hydrogen) atoms. The van der Waals surface area contributed by atoms with Gasteiger partial charge in [-0.3, -0.25) is 4.79 Å². The monoisotopic (exact) mass is 345 g/mol. The minimum absolute atomic E-state index is 0.0414. The summed E-state index contributed by atoms with van der Waals surface area (Å²) in [7, 11) is 0. The number of hydrogen-bond donors (Lipinski definition) is 2. The van der Waals surface area contributed by atoms with Crippen molar-refractivity contribution in [1.29, 1.82) is 0 Å². The number of halogens is 1. The quantitative estimate of drug-likeness (QED) is 0.657. The summed E-state index contributed by atoms with van der Waals surface area (Å²) in [6.45, 7) is 1.99. The van der Waals surface area contributed by atoms with Gasteiger partial charge in [0.1, 0.15) is 0 Å². The number of thioether (sulfide) groups is 1. The molecule has 0 aliphatic rings. The number of amides is 1. The van der Waals surface area contributed by atoms with Gasteiger partial charge < -0.3 is 10.3 Å². The number of para-hydroxylation sites is 2. The molecule has 3 rings (SSSR count). The zero-order chi connectivity index (χ0) is 16.2. The number of carbonyl (C=O) groups excluding carboxylic acids is 1. The van der Waals surface area contributed by atoms with Crippen LogP contribution in [0.15, 0.2) is 53.7 Å². The zero-order valence-electron chi connectivity index (χ0n) is 12.5. The smallest absolute Gasteiger partial charge is 0.237 e. The highest BCUT2D eigenvalue weighted by atomic mass is 35.5. The number of fused-ring (bicyclic) bond motifs is 1. The average molecular weight is 346 g/mol. The molecule has 1 amide bonds. The van der Waals surface area contributed by atoms with Crippen LogP contribution >= 0.6 is 23.4 Å². The fourth-order valence-corrected chi connectivity index (χ4v) is 3.25. The minimum atomic E-state index is -0.216. The Hall–Kier alpha value is -1.98. The SMILES string of the molecule is CCC(Sc1nc2ccccc2[nH]1)C(=O)Nc1ccc(Cl)cc1. The minimum Gasteiger partial charge on any atom is -0.333 e. The Morgan fingerprint density at radius 1 is 1.26 bits per heavy atom. The lowest BCUT2D eigenvalue weighted by molar-refractivity contribution is -0.115. The molecule has 0 saturated heterocycles. The van der Waals surface area contributed by atoms with Crippen LogP contribution in [-0.4, -0.2) is 21.1 Å². The van der Waals surface area contributed by atoms with E-state index in [1.54, 1.807) is 24.3 Å². The van der Waals surface area contributed by atoms with E-state index in [1.807, 2.05) is 31.2 Å². The number of rotatable bonds is 5. The molecule has 6 heteroatoms. The van der Waals surface area contributed by atoms with Crippen molar-refractivity contribution in [2.45, 2.75) is 23.8 Å². The third-order valence-electron chi connectivity index (χ3n) is 3.40. The number of imidazole rings is 1. The number of nitrogens with one attached hydrogen (secondary N) is 2. The number of carbonyl (C=O) groups is 1. The van der Waals surface area contributed by atoms with Gasteiger partial charge in [-0.15, -0.1) is 0 Å². The van der Waals surface area contributed by atoms with Crippen LogP contribution in [0.25, 0.3) is 11.0 Å². The van der Waals surface area contributed by atoms with E-state index >= 15 is 0 Å². The lowest BCUT2D eigenvalue weighted by Crippen LogP contribution is -2.24. The van der Waals surface area contributed by atoms with E-state index < -0.39 is 0 Å². The maximum Gasteiger partial charge on any atom is 0.237 e. The molecule has 0 spiro atoms. The number of aromatic nitrogens is 2. The van der Waals surface area contributed by atoms with E-state index in [4.69, 9.17) is 11.6 Å². The first kappa shape index (κ1) is 15.9. The van der Waals surface area contributed by atoms with Crippen molar-refractivity contribution in [3.05, 3.63) is 53.6 Å². The predicted octanol–water partition coefficient (Wildman–Crippen LogP) is 4.73. The lowest BCUT2D eigenvalue weighted by Gasteiger charge is -2.13. The van der Waals surface area contributed by atoms with Crippen LogP contribution in [0.2, 0.25) is 5.02 Å². The van der Waals surface area contributed by atoms with Gasteiger partial charge in [-0.1, -0.05) is 42.4 Å². The van der Waals surface area contributed by atoms with E-state index in [0.717, 1.165) is 21.9 Å². The van der Waals surface area contributed by atoms with Crippen LogP contribution in [0.5, 0.6) is 0 Å². The van der Waals surface area contributed by atoms with Crippen molar-refractivity contribution >= 4 is 46.0 Å². The lowest BCUT2D eigenvalue weighted by atomic mass is 10.3. The maximum atomic E-state index is 12.4. The molecular formula is C17H16ClN3OS. The van der Waals surface area contributed by atoms with E-state index in [1.165, 1.54) is 11.8 Å². The van der Waals surface area contributed by atoms with Crippen LogP contribution in [0.4, 0.5) is 5.69 Å². The zero-order valence-corrected chi connectivity index (χ0v) is 14.1. The van der Waals surface area contributed by atoms with Gasteiger partial charge in [-0.05, 0) is 42.8 Å². The first-order valence-electron chi connectivity index (χ1n) is 7.33. The molecule has 1 atom stereocenters. The molecule has 1 heterocycles. The van der Waals surface area contributed by atoms with Gasteiger partial charge in [0, 0.05) is 10.7 Å².